The molecular weight excluding hydrogens is 809 g/mol. The van der Waals surface area contributed by atoms with Crippen molar-refractivity contribution in [3.63, 3.8) is 0 Å². The van der Waals surface area contributed by atoms with Crippen LogP contribution >= 0.6 is 25.3 Å². The molecule has 2 heteroatoms. The van der Waals surface area contributed by atoms with Gasteiger partial charge in [-0.25, -0.2) is 0 Å². The number of allylic oxidation sites excluding steroid dienone is 16. The number of hydrogen-bond acceptors (Lipinski definition) is 2. The van der Waals surface area contributed by atoms with Crippen LogP contribution < -0.4 is 0 Å². The number of benzene rings is 6. The number of aryl methyl sites for hydroxylation is 2. The highest BCUT2D eigenvalue weighted by molar-refractivity contribution is 7.80. The second-order valence-corrected chi connectivity index (χ2v) is 19.2. The lowest BCUT2D eigenvalue weighted by atomic mass is 9.74. The Morgan fingerprint density at radius 1 is 0.719 bits per heavy atom. The van der Waals surface area contributed by atoms with Crippen molar-refractivity contribution in [1.29, 1.82) is 0 Å². The Balaban J connectivity index is 1.36. The summed E-state index contributed by atoms with van der Waals surface area (Å²) in [6.07, 6.45) is 27.8. The van der Waals surface area contributed by atoms with Crippen molar-refractivity contribution in [3.8, 4) is 33.4 Å². The van der Waals surface area contributed by atoms with E-state index in [1.165, 1.54) is 133 Å². The molecule has 1 unspecified atom stereocenters. The van der Waals surface area contributed by atoms with E-state index in [4.69, 9.17) is 25.3 Å². The van der Waals surface area contributed by atoms with Gasteiger partial charge in [0.1, 0.15) is 0 Å². The first kappa shape index (κ1) is 42.2. The molecule has 1 atom stereocenters. The standard InChI is InChI=1S/C62H56S2/c1-10-13-19-40(12-3)42-21-16-22-45(29-42)56-53-39(9)61(63)38(8)52-33-48-32-46(43-27-26-34(4)49-24-15-14-20-41(28-43)37(49)7)31-47-30-44-23-17-25-51(55(44)54(47)48)58(59(52)53)57-50(18-11-2)35(5)36(6)62(64)60(56)57/h10,12-17,19-29,31-32,41,63-64H,1,4,11,18,30,33H2,2-3,5-9H3/b19-13-,27-26-,40-12+,43-28+. The lowest BCUT2D eigenvalue weighted by Gasteiger charge is -2.30. The highest BCUT2D eigenvalue weighted by Crippen LogP contribution is 2.57. The minimum absolute atomic E-state index is 0.187. The highest BCUT2D eigenvalue weighted by atomic mass is 32.1. The molecule has 316 valence electrons. The van der Waals surface area contributed by atoms with Crippen molar-refractivity contribution in [2.24, 2.45) is 5.92 Å². The summed E-state index contributed by atoms with van der Waals surface area (Å²) >= 11 is 11.0. The quantitative estimate of drug-likeness (QED) is 0.0890. The number of hydrogen-bond donors (Lipinski definition) is 2. The average molecular weight is 865 g/mol. The monoisotopic (exact) mass is 864 g/mol. The molecule has 0 amide bonds. The molecule has 6 aromatic carbocycles. The third-order valence-electron chi connectivity index (χ3n) is 14.8. The van der Waals surface area contributed by atoms with Crippen molar-refractivity contribution >= 4 is 57.9 Å². The van der Waals surface area contributed by atoms with E-state index >= 15 is 0 Å². The van der Waals surface area contributed by atoms with Crippen molar-refractivity contribution < 1.29 is 0 Å². The van der Waals surface area contributed by atoms with E-state index < -0.39 is 0 Å². The van der Waals surface area contributed by atoms with Gasteiger partial charge >= 0.3 is 0 Å². The van der Waals surface area contributed by atoms with Crippen LogP contribution in [0.2, 0.25) is 0 Å². The van der Waals surface area contributed by atoms with Crippen LogP contribution in [0.3, 0.4) is 0 Å². The van der Waals surface area contributed by atoms with E-state index in [1.54, 1.807) is 0 Å². The number of thiol groups is 2. The molecule has 0 aliphatic heterocycles. The Morgan fingerprint density at radius 3 is 2.27 bits per heavy atom. The van der Waals surface area contributed by atoms with Crippen LogP contribution in [0.1, 0.15) is 88.4 Å². The molecule has 0 saturated carbocycles. The van der Waals surface area contributed by atoms with Crippen molar-refractivity contribution in [2.75, 3.05) is 0 Å². The van der Waals surface area contributed by atoms with Crippen molar-refractivity contribution in [1.82, 2.24) is 0 Å². The van der Waals surface area contributed by atoms with Gasteiger partial charge in [0.05, 0.1) is 0 Å². The van der Waals surface area contributed by atoms with Gasteiger partial charge in [-0.3, -0.25) is 0 Å². The summed E-state index contributed by atoms with van der Waals surface area (Å²) in [6.45, 7) is 24.4. The van der Waals surface area contributed by atoms with Crippen LogP contribution in [-0.2, 0) is 19.3 Å². The minimum Gasteiger partial charge on any atom is -0.143 e. The van der Waals surface area contributed by atoms with Gasteiger partial charge in [-0.05, 0) is 200 Å². The normalized spacial score (nSPS) is 17.6. The summed E-state index contributed by atoms with van der Waals surface area (Å²) in [5, 5.41) is 5.24. The van der Waals surface area contributed by atoms with Gasteiger partial charge in [-0.15, -0.1) is 25.3 Å². The zero-order valence-corrected chi connectivity index (χ0v) is 40.1. The Labute approximate surface area is 391 Å². The topological polar surface area (TPSA) is 0 Å². The SMILES string of the molecule is C=C/C=C\C(=C/C)c1cccc(-c2c3c(C)c(S)c(C)c4c3c(c3c(CCC)c(C)c(C)c(S)c23)-c2cccc3c2-c2c(cc(C5=C/C6C=CC=CC(=C6C)C(=C)/C=C\5)cc2C4)C3)c1. The summed E-state index contributed by atoms with van der Waals surface area (Å²) in [6, 6.07) is 21.3. The van der Waals surface area contributed by atoms with E-state index in [1.807, 2.05) is 12.2 Å². The van der Waals surface area contributed by atoms with E-state index in [0.717, 1.165) is 46.6 Å². The first-order valence-corrected chi connectivity index (χ1v) is 23.8. The second-order valence-electron chi connectivity index (χ2n) is 18.3. The van der Waals surface area contributed by atoms with Crippen molar-refractivity contribution in [2.45, 2.75) is 83.9 Å². The molecule has 10 rings (SSSR count). The second kappa shape index (κ2) is 16.3. The summed E-state index contributed by atoms with van der Waals surface area (Å²) in [5.41, 5.74) is 28.5. The molecule has 0 spiro atoms. The number of rotatable bonds is 7. The van der Waals surface area contributed by atoms with Crippen molar-refractivity contribution in [3.05, 3.63) is 213 Å². The maximum atomic E-state index is 5.57. The molecule has 0 heterocycles. The Bertz CT molecular complexity index is 3320. The lowest BCUT2D eigenvalue weighted by molar-refractivity contribution is 0.916. The molecule has 64 heavy (non-hydrogen) atoms. The molecule has 0 saturated heterocycles. The van der Waals surface area contributed by atoms with E-state index in [9.17, 15) is 0 Å². The fraction of sp³-hybridized carbons (Fsp3) is 0.194. The third-order valence-corrected chi connectivity index (χ3v) is 16.0. The Morgan fingerprint density at radius 2 is 1.50 bits per heavy atom. The summed E-state index contributed by atoms with van der Waals surface area (Å²) < 4.78 is 0. The highest BCUT2D eigenvalue weighted by Gasteiger charge is 2.34. The fourth-order valence-corrected chi connectivity index (χ4v) is 12.1. The molecule has 4 aliphatic rings. The van der Waals surface area contributed by atoms with Gasteiger partial charge in [-0.2, -0.15) is 0 Å². The van der Waals surface area contributed by atoms with Gasteiger partial charge in [-0.1, -0.05) is 147 Å². The van der Waals surface area contributed by atoms with Crippen LogP contribution in [-0.4, -0.2) is 0 Å². The number of fused-ring (bicyclic) bond motifs is 4. The van der Waals surface area contributed by atoms with Crippen LogP contribution in [0.5, 0.6) is 0 Å². The van der Waals surface area contributed by atoms with E-state index in [-0.39, 0.29) is 5.92 Å². The van der Waals surface area contributed by atoms with Crippen LogP contribution in [0.25, 0.3) is 66.1 Å². The molecule has 0 N–H and O–H groups in total. The third kappa shape index (κ3) is 6.43. The molecule has 6 aromatic rings. The molecule has 0 aromatic heterocycles. The largest absolute Gasteiger partial charge is 0.143 e. The first-order chi connectivity index (χ1) is 31.0. The van der Waals surface area contributed by atoms with E-state index in [0.29, 0.717) is 0 Å². The molecule has 0 fully saturated rings. The van der Waals surface area contributed by atoms with Gasteiger partial charge in [0.25, 0.3) is 0 Å². The average Bonchev–Trinajstić information content (AvgIpc) is 3.57. The van der Waals surface area contributed by atoms with Crippen LogP contribution in [0.4, 0.5) is 0 Å². The van der Waals surface area contributed by atoms with Crippen LogP contribution in [0, 0.1) is 33.6 Å². The maximum Gasteiger partial charge on any atom is 0.0175 e. The van der Waals surface area contributed by atoms with E-state index in [2.05, 4.69) is 171 Å². The predicted molar refractivity (Wildman–Crippen MR) is 285 cm³/mol. The minimum atomic E-state index is 0.187. The lowest BCUT2D eigenvalue weighted by Crippen LogP contribution is -2.08. The smallest absolute Gasteiger partial charge is 0.0175 e. The molecule has 0 nitrogen and oxygen atoms in total. The molecule has 0 radical (unpaired) electrons. The van der Waals surface area contributed by atoms with Gasteiger partial charge in [0.15, 0.2) is 0 Å². The summed E-state index contributed by atoms with van der Waals surface area (Å²) in [5.74, 6) is 0.187. The van der Waals surface area contributed by atoms with Gasteiger partial charge in [0, 0.05) is 21.1 Å². The zero-order chi connectivity index (χ0) is 44.7. The zero-order valence-electron chi connectivity index (χ0n) is 38.3. The van der Waals surface area contributed by atoms with Crippen LogP contribution in [0.15, 0.2) is 161 Å². The summed E-state index contributed by atoms with van der Waals surface area (Å²) in [4.78, 5) is 2.12. The Kier molecular flexibility index (Phi) is 10.8. The molecule has 4 aliphatic carbocycles. The van der Waals surface area contributed by atoms with Gasteiger partial charge < -0.3 is 0 Å². The van der Waals surface area contributed by atoms with Gasteiger partial charge in [0.2, 0.25) is 0 Å². The maximum absolute atomic E-state index is 5.57. The summed E-state index contributed by atoms with van der Waals surface area (Å²) in [7, 11) is 0. The molecule has 2 bridgehead atoms. The fourth-order valence-electron chi connectivity index (χ4n) is 11.4. The molecular formula is C62H56S2. The first-order valence-electron chi connectivity index (χ1n) is 22.9. The Hall–Kier alpha value is -5.80. The predicted octanol–water partition coefficient (Wildman–Crippen LogP) is 17.3.